The van der Waals surface area contributed by atoms with Crippen molar-refractivity contribution in [3.8, 4) is 6.07 Å². The van der Waals surface area contributed by atoms with E-state index in [4.69, 9.17) is 11.0 Å². The van der Waals surface area contributed by atoms with E-state index in [0.29, 0.717) is 16.8 Å². The molecular weight excluding hydrogens is 286 g/mol. The number of nitrogens with zero attached hydrogens (tertiary/aromatic N) is 1. The smallest absolute Gasteiger partial charge is 0.216 e. The molecule has 0 aliphatic carbocycles. The number of hydrogen-bond acceptors (Lipinski definition) is 4. The van der Waals surface area contributed by atoms with E-state index < -0.39 is 10.0 Å². The number of nitrogens with two attached hydrogens (primary N) is 1. The average molecular weight is 301 g/mol. The molecule has 108 valence electrons. The summed E-state index contributed by atoms with van der Waals surface area (Å²) in [6.45, 7) is 0.129. The topological polar surface area (TPSA) is 96.0 Å². The number of nitrogen functional groups attached to an aromatic ring is 1. The van der Waals surface area contributed by atoms with Crippen LogP contribution in [0, 0.1) is 11.3 Å². The molecule has 0 fully saturated rings. The van der Waals surface area contributed by atoms with Crippen molar-refractivity contribution in [2.24, 2.45) is 0 Å². The fraction of sp³-hybridized carbons (Fsp3) is 0.133. The second-order valence-electron chi connectivity index (χ2n) is 4.55. The van der Waals surface area contributed by atoms with Gasteiger partial charge < -0.3 is 5.73 Å². The van der Waals surface area contributed by atoms with Gasteiger partial charge in [-0.1, -0.05) is 36.4 Å². The highest BCUT2D eigenvalue weighted by molar-refractivity contribution is 7.88. The fourth-order valence-electron chi connectivity index (χ4n) is 1.89. The number of nitriles is 1. The van der Waals surface area contributed by atoms with Crippen LogP contribution in [0.3, 0.4) is 0 Å². The summed E-state index contributed by atoms with van der Waals surface area (Å²) in [6, 6.07) is 15.7. The lowest BCUT2D eigenvalue weighted by Gasteiger charge is -2.09. The Bertz CT molecular complexity index is 780. The zero-order valence-electron chi connectivity index (χ0n) is 11.3. The van der Waals surface area contributed by atoms with Gasteiger partial charge in [-0.15, -0.1) is 0 Å². The molecule has 0 aliphatic heterocycles. The monoisotopic (exact) mass is 301 g/mol. The van der Waals surface area contributed by atoms with Gasteiger partial charge in [0.05, 0.1) is 17.4 Å². The molecule has 0 amide bonds. The maximum Gasteiger partial charge on any atom is 0.216 e. The molecule has 0 spiro atoms. The van der Waals surface area contributed by atoms with Crippen molar-refractivity contribution >= 4 is 15.7 Å². The number of benzene rings is 2. The van der Waals surface area contributed by atoms with Crippen LogP contribution in [0.4, 0.5) is 5.69 Å². The van der Waals surface area contributed by atoms with E-state index in [1.54, 1.807) is 48.5 Å². The maximum atomic E-state index is 12.1. The summed E-state index contributed by atoms with van der Waals surface area (Å²) in [4.78, 5) is 0. The van der Waals surface area contributed by atoms with E-state index in [0.717, 1.165) is 5.56 Å². The highest BCUT2D eigenvalue weighted by Gasteiger charge is 2.14. The number of anilines is 1. The minimum absolute atomic E-state index is 0.129. The Hall–Kier alpha value is -2.36. The molecule has 3 N–H and O–H groups in total. The molecule has 0 saturated carbocycles. The van der Waals surface area contributed by atoms with Gasteiger partial charge in [-0.3, -0.25) is 0 Å². The van der Waals surface area contributed by atoms with Crippen LogP contribution in [-0.4, -0.2) is 8.42 Å². The van der Waals surface area contributed by atoms with Crippen LogP contribution in [-0.2, 0) is 22.3 Å². The van der Waals surface area contributed by atoms with Gasteiger partial charge in [-0.25, -0.2) is 13.1 Å². The van der Waals surface area contributed by atoms with Crippen molar-refractivity contribution in [2.75, 3.05) is 5.73 Å². The van der Waals surface area contributed by atoms with Gasteiger partial charge in [0.25, 0.3) is 0 Å². The van der Waals surface area contributed by atoms with Gasteiger partial charge in [-0.2, -0.15) is 5.26 Å². The van der Waals surface area contributed by atoms with E-state index in [1.807, 2.05) is 6.07 Å². The Morgan fingerprint density at radius 2 is 1.67 bits per heavy atom. The lowest BCUT2D eigenvalue weighted by atomic mass is 10.1. The summed E-state index contributed by atoms with van der Waals surface area (Å²) >= 11 is 0. The Labute approximate surface area is 124 Å². The summed E-state index contributed by atoms with van der Waals surface area (Å²) in [5.74, 6) is -0.233. The lowest BCUT2D eigenvalue weighted by molar-refractivity contribution is 0.580. The van der Waals surface area contributed by atoms with Crippen molar-refractivity contribution in [2.45, 2.75) is 12.3 Å². The molecule has 21 heavy (non-hydrogen) atoms. The molecule has 2 rings (SSSR count). The predicted molar refractivity (Wildman–Crippen MR) is 81.5 cm³/mol. The quantitative estimate of drug-likeness (QED) is 0.822. The van der Waals surface area contributed by atoms with Gasteiger partial charge in [0.15, 0.2) is 0 Å². The number of hydrogen-bond donors (Lipinski definition) is 2. The fourth-order valence-corrected chi connectivity index (χ4v) is 3.03. The molecule has 0 heterocycles. The highest BCUT2D eigenvalue weighted by atomic mass is 32.2. The number of sulfonamides is 1. The first kappa shape index (κ1) is 15.0. The van der Waals surface area contributed by atoms with E-state index in [-0.39, 0.29) is 12.3 Å². The van der Waals surface area contributed by atoms with E-state index in [2.05, 4.69) is 4.72 Å². The third kappa shape index (κ3) is 4.05. The van der Waals surface area contributed by atoms with Gasteiger partial charge in [0.1, 0.15) is 0 Å². The van der Waals surface area contributed by atoms with Crippen LogP contribution in [0.15, 0.2) is 48.5 Å². The maximum absolute atomic E-state index is 12.1. The van der Waals surface area contributed by atoms with Gasteiger partial charge in [0.2, 0.25) is 10.0 Å². The van der Waals surface area contributed by atoms with Gasteiger partial charge in [0, 0.05) is 12.2 Å². The van der Waals surface area contributed by atoms with Gasteiger partial charge in [-0.05, 0) is 23.3 Å². The molecule has 0 aliphatic rings. The largest absolute Gasteiger partial charge is 0.398 e. The van der Waals surface area contributed by atoms with E-state index in [1.165, 1.54) is 0 Å². The molecular formula is C15H15N3O2S. The van der Waals surface area contributed by atoms with Gasteiger partial charge >= 0.3 is 0 Å². The SMILES string of the molecule is N#Cc1ccccc1CS(=O)(=O)NCc1ccccc1N. The minimum Gasteiger partial charge on any atom is -0.398 e. The van der Waals surface area contributed by atoms with Crippen LogP contribution in [0.2, 0.25) is 0 Å². The first-order valence-corrected chi connectivity index (χ1v) is 7.96. The number of para-hydroxylation sites is 1. The molecule has 2 aromatic carbocycles. The summed E-state index contributed by atoms with van der Waals surface area (Å²) in [5, 5.41) is 8.98. The Kier molecular flexibility index (Phi) is 4.58. The predicted octanol–water partition coefficient (Wildman–Crippen LogP) is 1.76. The molecule has 6 heteroatoms. The molecule has 2 aromatic rings. The average Bonchev–Trinajstić information content (AvgIpc) is 2.47. The van der Waals surface area contributed by atoms with Crippen LogP contribution >= 0.6 is 0 Å². The van der Waals surface area contributed by atoms with Crippen molar-refractivity contribution in [3.63, 3.8) is 0 Å². The van der Waals surface area contributed by atoms with Crippen LogP contribution in [0.1, 0.15) is 16.7 Å². The standard InChI is InChI=1S/C15H15N3O2S/c16-9-12-5-1-2-7-14(12)11-21(19,20)18-10-13-6-3-4-8-15(13)17/h1-8,18H,10-11,17H2. The third-order valence-corrected chi connectivity index (χ3v) is 4.30. The summed E-state index contributed by atoms with van der Waals surface area (Å²) in [5.41, 5.74) is 7.87. The van der Waals surface area contributed by atoms with Crippen molar-refractivity contribution in [1.82, 2.24) is 4.72 Å². The lowest BCUT2D eigenvalue weighted by Crippen LogP contribution is -2.25. The molecule has 5 nitrogen and oxygen atoms in total. The van der Waals surface area contributed by atoms with Crippen LogP contribution in [0.5, 0.6) is 0 Å². The second-order valence-corrected chi connectivity index (χ2v) is 6.35. The zero-order chi connectivity index (χ0) is 15.3. The number of rotatable bonds is 5. The zero-order valence-corrected chi connectivity index (χ0v) is 12.1. The number of nitrogens with one attached hydrogen (secondary N) is 1. The molecule has 0 aromatic heterocycles. The molecule has 0 radical (unpaired) electrons. The van der Waals surface area contributed by atoms with Crippen molar-refractivity contribution in [3.05, 3.63) is 65.2 Å². The Morgan fingerprint density at radius 3 is 2.33 bits per heavy atom. The highest BCUT2D eigenvalue weighted by Crippen LogP contribution is 2.13. The van der Waals surface area contributed by atoms with E-state index in [9.17, 15) is 8.42 Å². The summed E-state index contributed by atoms with van der Waals surface area (Å²) in [7, 11) is -3.54. The summed E-state index contributed by atoms with van der Waals surface area (Å²) in [6.07, 6.45) is 0. The molecule has 0 saturated heterocycles. The summed E-state index contributed by atoms with van der Waals surface area (Å²) < 4.78 is 26.7. The van der Waals surface area contributed by atoms with Crippen molar-refractivity contribution < 1.29 is 8.42 Å². The first-order valence-electron chi connectivity index (χ1n) is 6.30. The van der Waals surface area contributed by atoms with Crippen LogP contribution in [0.25, 0.3) is 0 Å². The second kappa shape index (κ2) is 6.39. The Morgan fingerprint density at radius 1 is 1.05 bits per heavy atom. The van der Waals surface area contributed by atoms with Crippen molar-refractivity contribution in [1.29, 1.82) is 5.26 Å². The first-order chi connectivity index (χ1) is 10.0. The normalized spacial score (nSPS) is 11.0. The minimum atomic E-state index is -3.54. The van der Waals surface area contributed by atoms with Crippen LogP contribution < -0.4 is 10.5 Å². The Balaban J connectivity index is 2.10. The third-order valence-electron chi connectivity index (χ3n) is 3.02. The molecule has 0 atom stereocenters. The molecule has 0 unspecified atom stereocenters. The van der Waals surface area contributed by atoms with E-state index >= 15 is 0 Å². The molecule has 0 bridgehead atoms.